The Kier molecular flexibility index (Phi) is 3.59. The van der Waals surface area contributed by atoms with Crippen molar-refractivity contribution in [3.8, 4) is 11.5 Å². The van der Waals surface area contributed by atoms with Gasteiger partial charge in [0.05, 0.1) is 5.02 Å². The first-order valence-electron chi connectivity index (χ1n) is 5.92. The van der Waals surface area contributed by atoms with Crippen molar-refractivity contribution in [1.82, 2.24) is 10.3 Å². The second kappa shape index (κ2) is 5.36. The molecule has 0 unspecified atom stereocenters. The molecule has 0 amide bonds. The van der Waals surface area contributed by atoms with E-state index in [1.54, 1.807) is 11.3 Å². The highest BCUT2D eigenvalue weighted by atomic mass is 35.5. The number of hydrogen-bond donors (Lipinski definition) is 1. The van der Waals surface area contributed by atoms with Gasteiger partial charge in [0.2, 0.25) is 6.79 Å². The monoisotopic (exact) mass is 296 g/mol. The fraction of sp³-hybridized carbons (Fsp3) is 0.308. The van der Waals surface area contributed by atoms with Crippen molar-refractivity contribution in [2.75, 3.05) is 6.79 Å². The maximum Gasteiger partial charge on any atom is 0.231 e. The van der Waals surface area contributed by atoms with E-state index in [4.69, 9.17) is 21.1 Å². The zero-order valence-electron chi connectivity index (χ0n) is 10.4. The fourth-order valence-corrected chi connectivity index (χ4v) is 2.96. The van der Waals surface area contributed by atoms with Gasteiger partial charge in [-0.3, -0.25) is 0 Å². The lowest BCUT2D eigenvalue weighted by molar-refractivity contribution is 0.174. The van der Waals surface area contributed by atoms with Crippen LogP contribution in [-0.2, 0) is 13.1 Å². The Morgan fingerprint density at radius 3 is 3.05 bits per heavy atom. The van der Waals surface area contributed by atoms with Crippen LogP contribution in [0.2, 0.25) is 5.02 Å². The van der Waals surface area contributed by atoms with Crippen LogP contribution in [0.3, 0.4) is 0 Å². The quantitative estimate of drug-likeness (QED) is 0.941. The Labute approximate surface area is 120 Å². The molecule has 1 aliphatic rings. The molecule has 0 aliphatic carbocycles. The first kappa shape index (κ1) is 12.7. The van der Waals surface area contributed by atoms with Crippen molar-refractivity contribution in [3.05, 3.63) is 38.8 Å². The summed E-state index contributed by atoms with van der Waals surface area (Å²) in [5.74, 6) is 1.36. The molecule has 0 bridgehead atoms. The van der Waals surface area contributed by atoms with Crippen molar-refractivity contribution >= 4 is 22.9 Å². The largest absolute Gasteiger partial charge is 0.454 e. The molecule has 4 nitrogen and oxygen atoms in total. The van der Waals surface area contributed by atoms with E-state index < -0.39 is 0 Å². The molecule has 1 aromatic heterocycles. The Morgan fingerprint density at radius 2 is 2.26 bits per heavy atom. The number of nitrogens with one attached hydrogen (secondary N) is 1. The number of halogens is 1. The smallest absolute Gasteiger partial charge is 0.231 e. The molecule has 0 saturated carbocycles. The average Bonchev–Trinajstić information content (AvgIpc) is 2.98. The molecule has 0 atom stereocenters. The van der Waals surface area contributed by atoms with Crippen LogP contribution in [-0.4, -0.2) is 11.8 Å². The van der Waals surface area contributed by atoms with Crippen molar-refractivity contribution in [1.29, 1.82) is 0 Å². The second-order valence-corrected chi connectivity index (χ2v) is 6.01. The number of aryl methyl sites for hydroxylation is 1. The predicted molar refractivity (Wildman–Crippen MR) is 75.0 cm³/mol. The van der Waals surface area contributed by atoms with Gasteiger partial charge in [-0.25, -0.2) is 4.98 Å². The lowest BCUT2D eigenvalue weighted by Gasteiger charge is -2.06. The summed E-state index contributed by atoms with van der Waals surface area (Å²) in [5, 5.41) is 5.02. The molecule has 100 valence electrons. The van der Waals surface area contributed by atoms with Gasteiger partial charge in [0, 0.05) is 24.2 Å². The number of thiazole rings is 1. The van der Waals surface area contributed by atoms with Crippen LogP contribution in [0.15, 0.2) is 18.3 Å². The van der Waals surface area contributed by atoms with Crippen molar-refractivity contribution in [2.24, 2.45) is 0 Å². The van der Waals surface area contributed by atoms with Gasteiger partial charge in [0.15, 0.2) is 11.5 Å². The number of ether oxygens (including phenoxy) is 2. The van der Waals surface area contributed by atoms with Gasteiger partial charge in [-0.2, -0.15) is 0 Å². The highest BCUT2D eigenvalue weighted by Crippen LogP contribution is 2.39. The summed E-state index contributed by atoms with van der Waals surface area (Å²) in [5.41, 5.74) is 1.07. The third-order valence-electron chi connectivity index (χ3n) is 2.76. The maximum atomic E-state index is 6.13. The van der Waals surface area contributed by atoms with E-state index >= 15 is 0 Å². The summed E-state index contributed by atoms with van der Waals surface area (Å²) in [4.78, 5) is 5.53. The fourth-order valence-electron chi connectivity index (χ4n) is 1.92. The highest BCUT2D eigenvalue weighted by Gasteiger charge is 2.18. The van der Waals surface area contributed by atoms with E-state index in [0.29, 0.717) is 10.8 Å². The highest BCUT2D eigenvalue weighted by molar-refractivity contribution is 7.11. The van der Waals surface area contributed by atoms with Crippen LogP contribution >= 0.6 is 22.9 Å². The number of nitrogens with zero attached hydrogens (tertiary/aromatic N) is 1. The lowest BCUT2D eigenvalue weighted by atomic mass is 10.2. The molecule has 0 radical (unpaired) electrons. The molecule has 0 fully saturated rings. The number of fused-ring (bicyclic) bond motifs is 1. The molecule has 6 heteroatoms. The third-order valence-corrected chi connectivity index (χ3v) is 3.96. The SMILES string of the molecule is Cc1cnc(CNCc2cc(Cl)c3c(c2)OCO3)s1. The van der Waals surface area contributed by atoms with Crippen molar-refractivity contribution < 1.29 is 9.47 Å². The van der Waals surface area contributed by atoms with Gasteiger partial charge >= 0.3 is 0 Å². The Bertz CT molecular complexity index is 600. The Morgan fingerprint density at radius 1 is 1.37 bits per heavy atom. The molecule has 0 saturated heterocycles. The minimum absolute atomic E-state index is 0.240. The Hall–Kier alpha value is -1.30. The number of benzene rings is 1. The molecule has 0 spiro atoms. The predicted octanol–water partition coefficient (Wildman–Crippen LogP) is 3.12. The van der Waals surface area contributed by atoms with E-state index in [9.17, 15) is 0 Å². The zero-order valence-corrected chi connectivity index (χ0v) is 12.0. The minimum atomic E-state index is 0.240. The van der Waals surface area contributed by atoms with Crippen LogP contribution in [0, 0.1) is 6.92 Å². The summed E-state index contributed by atoms with van der Waals surface area (Å²) >= 11 is 7.83. The molecule has 19 heavy (non-hydrogen) atoms. The van der Waals surface area contributed by atoms with Crippen molar-refractivity contribution in [2.45, 2.75) is 20.0 Å². The van der Waals surface area contributed by atoms with E-state index in [-0.39, 0.29) is 6.79 Å². The summed E-state index contributed by atoms with van der Waals surface area (Å²) in [6, 6.07) is 3.85. The van der Waals surface area contributed by atoms with E-state index in [1.165, 1.54) is 4.88 Å². The van der Waals surface area contributed by atoms with Crippen LogP contribution in [0.1, 0.15) is 15.4 Å². The van der Waals surface area contributed by atoms with Gasteiger partial charge in [-0.05, 0) is 24.6 Å². The van der Waals surface area contributed by atoms with Gasteiger partial charge in [0.1, 0.15) is 5.01 Å². The second-order valence-electron chi connectivity index (χ2n) is 4.28. The van der Waals surface area contributed by atoms with E-state index in [0.717, 1.165) is 29.4 Å². The molecule has 3 rings (SSSR count). The third kappa shape index (κ3) is 2.83. The summed E-state index contributed by atoms with van der Waals surface area (Å²) in [7, 11) is 0. The average molecular weight is 297 g/mol. The van der Waals surface area contributed by atoms with Crippen LogP contribution in [0.5, 0.6) is 11.5 Å². The summed E-state index contributed by atoms with van der Waals surface area (Å²) in [6.45, 7) is 3.77. The lowest BCUT2D eigenvalue weighted by Crippen LogP contribution is -2.12. The van der Waals surface area contributed by atoms with Gasteiger partial charge in [-0.15, -0.1) is 11.3 Å². The van der Waals surface area contributed by atoms with Crippen molar-refractivity contribution in [3.63, 3.8) is 0 Å². The first-order valence-corrected chi connectivity index (χ1v) is 7.12. The Balaban J connectivity index is 1.63. The number of rotatable bonds is 4. The summed E-state index contributed by atoms with van der Waals surface area (Å²) < 4.78 is 10.6. The topological polar surface area (TPSA) is 43.4 Å². The van der Waals surface area contributed by atoms with Gasteiger partial charge < -0.3 is 14.8 Å². The van der Waals surface area contributed by atoms with Gasteiger partial charge in [-0.1, -0.05) is 11.6 Å². The zero-order chi connectivity index (χ0) is 13.2. The maximum absolute atomic E-state index is 6.13. The molecule has 2 heterocycles. The minimum Gasteiger partial charge on any atom is -0.454 e. The van der Waals surface area contributed by atoms with Gasteiger partial charge in [0.25, 0.3) is 0 Å². The molecule has 2 aromatic rings. The molecule has 1 aromatic carbocycles. The molecular weight excluding hydrogens is 284 g/mol. The standard InChI is InChI=1S/C13H13ClN2O2S/c1-8-4-16-12(19-8)6-15-5-9-2-10(14)13-11(3-9)17-7-18-13/h2-4,15H,5-7H2,1H3. The normalized spacial score (nSPS) is 12.9. The van der Waals surface area contributed by atoms with E-state index in [1.807, 2.05) is 18.3 Å². The van der Waals surface area contributed by atoms with Crippen LogP contribution in [0.4, 0.5) is 0 Å². The number of hydrogen-bond acceptors (Lipinski definition) is 5. The molecular formula is C13H13ClN2O2S. The van der Waals surface area contributed by atoms with Crippen LogP contribution in [0.25, 0.3) is 0 Å². The van der Waals surface area contributed by atoms with E-state index in [2.05, 4.69) is 17.2 Å². The first-order chi connectivity index (χ1) is 9.22. The summed E-state index contributed by atoms with van der Waals surface area (Å²) in [6.07, 6.45) is 1.89. The van der Waals surface area contributed by atoms with Crippen LogP contribution < -0.4 is 14.8 Å². The molecule has 1 aliphatic heterocycles. The molecule has 1 N–H and O–H groups in total. The number of aromatic nitrogens is 1.